The van der Waals surface area contributed by atoms with E-state index in [0.29, 0.717) is 0 Å². The van der Waals surface area contributed by atoms with Crippen LogP contribution in [0.1, 0.15) is 30.6 Å². The second-order valence-electron chi connectivity index (χ2n) is 5.58. The molecule has 2 atom stereocenters. The lowest BCUT2D eigenvalue weighted by Gasteiger charge is -2.51. The molecule has 1 amide bonds. The van der Waals surface area contributed by atoms with Gasteiger partial charge in [-0.1, -0.05) is 13.8 Å². The summed E-state index contributed by atoms with van der Waals surface area (Å²) in [4.78, 5) is 12.1. The Hall–Kier alpha value is -1.62. The van der Waals surface area contributed by atoms with E-state index in [1.165, 1.54) is 18.2 Å². The van der Waals surface area contributed by atoms with Gasteiger partial charge in [-0.2, -0.15) is 0 Å². The number of nitrogen functional groups attached to an aromatic ring is 1. The van der Waals surface area contributed by atoms with Gasteiger partial charge in [0.05, 0.1) is 6.10 Å². The minimum atomic E-state index is -0.507. The molecule has 1 aliphatic carbocycles. The van der Waals surface area contributed by atoms with Crippen molar-refractivity contribution in [1.82, 2.24) is 5.32 Å². The first-order chi connectivity index (χ1) is 8.84. The van der Waals surface area contributed by atoms with E-state index in [1.807, 2.05) is 13.8 Å². The van der Waals surface area contributed by atoms with Gasteiger partial charge < -0.3 is 15.8 Å². The van der Waals surface area contributed by atoms with Gasteiger partial charge in [0.25, 0.3) is 5.91 Å². The standard InChI is InChI=1S/C14H19FN2O2/c1-14(2)11(7-12(14)19-3)17-13(18)8-4-9(15)6-10(16)5-8/h4-6,11-12H,7,16H2,1-3H3,(H,17,18). The predicted octanol–water partition coefficient (Wildman–Crippen LogP) is 1.95. The van der Waals surface area contributed by atoms with Crippen molar-refractivity contribution in [2.75, 3.05) is 12.8 Å². The Morgan fingerprint density at radius 1 is 1.47 bits per heavy atom. The lowest BCUT2D eigenvalue weighted by molar-refractivity contribution is -0.0942. The molecule has 4 nitrogen and oxygen atoms in total. The lowest BCUT2D eigenvalue weighted by atomic mass is 9.64. The molecule has 0 aliphatic heterocycles. The molecule has 1 aromatic rings. The molecule has 0 bridgehead atoms. The number of anilines is 1. The van der Waals surface area contributed by atoms with Crippen molar-refractivity contribution in [1.29, 1.82) is 0 Å². The summed E-state index contributed by atoms with van der Waals surface area (Å²) in [5.74, 6) is -0.813. The molecule has 1 aromatic carbocycles. The van der Waals surface area contributed by atoms with Gasteiger partial charge in [-0.3, -0.25) is 4.79 Å². The molecule has 0 spiro atoms. The zero-order chi connectivity index (χ0) is 14.2. The van der Waals surface area contributed by atoms with Crippen LogP contribution >= 0.6 is 0 Å². The third kappa shape index (κ3) is 2.56. The molecule has 0 heterocycles. The van der Waals surface area contributed by atoms with Gasteiger partial charge in [0, 0.05) is 29.8 Å². The summed E-state index contributed by atoms with van der Waals surface area (Å²) >= 11 is 0. The molecule has 0 radical (unpaired) electrons. The number of amides is 1. The number of halogens is 1. The smallest absolute Gasteiger partial charge is 0.251 e. The van der Waals surface area contributed by atoms with E-state index in [0.717, 1.165) is 6.42 Å². The van der Waals surface area contributed by atoms with Crippen LogP contribution in [-0.4, -0.2) is 25.2 Å². The Morgan fingerprint density at radius 3 is 2.68 bits per heavy atom. The quantitative estimate of drug-likeness (QED) is 0.822. The third-order valence-electron chi connectivity index (χ3n) is 3.95. The summed E-state index contributed by atoms with van der Waals surface area (Å²) in [7, 11) is 1.66. The van der Waals surface area contributed by atoms with E-state index in [2.05, 4.69) is 5.32 Å². The third-order valence-corrected chi connectivity index (χ3v) is 3.95. The molecule has 1 aliphatic rings. The van der Waals surface area contributed by atoms with E-state index in [4.69, 9.17) is 10.5 Å². The molecule has 104 valence electrons. The number of carbonyl (C=O) groups is 1. The van der Waals surface area contributed by atoms with Crippen LogP contribution in [0.2, 0.25) is 0 Å². The number of methoxy groups -OCH3 is 1. The molecule has 1 saturated carbocycles. The van der Waals surface area contributed by atoms with Crippen molar-refractivity contribution in [2.45, 2.75) is 32.4 Å². The fraction of sp³-hybridized carbons (Fsp3) is 0.500. The predicted molar refractivity (Wildman–Crippen MR) is 71.3 cm³/mol. The molecule has 2 rings (SSSR count). The number of carbonyl (C=O) groups excluding carboxylic acids is 1. The van der Waals surface area contributed by atoms with Crippen molar-refractivity contribution in [3.8, 4) is 0 Å². The maximum atomic E-state index is 13.2. The average Bonchev–Trinajstić information content (AvgIpc) is 2.32. The molecular weight excluding hydrogens is 247 g/mol. The molecule has 3 N–H and O–H groups in total. The topological polar surface area (TPSA) is 64.3 Å². The van der Waals surface area contributed by atoms with Crippen molar-refractivity contribution in [3.05, 3.63) is 29.6 Å². The summed E-state index contributed by atoms with van der Waals surface area (Å²) < 4.78 is 18.5. The Kier molecular flexibility index (Phi) is 3.49. The molecule has 19 heavy (non-hydrogen) atoms. The maximum Gasteiger partial charge on any atom is 0.251 e. The highest BCUT2D eigenvalue weighted by Crippen LogP contribution is 2.42. The van der Waals surface area contributed by atoms with E-state index >= 15 is 0 Å². The van der Waals surface area contributed by atoms with E-state index < -0.39 is 5.82 Å². The summed E-state index contributed by atoms with van der Waals surface area (Å²) in [6.45, 7) is 4.07. The summed E-state index contributed by atoms with van der Waals surface area (Å²) in [5, 5.41) is 2.90. The fourth-order valence-electron chi connectivity index (χ4n) is 2.52. The van der Waals surface area contributed by atoms with Crippen molar-refractivity contribution < 1.29 is 13.9 Å². The number of nitrogens with two attached hydrogens (primary N) is 1. The first-order valence-corrected chi connectivity index (χ1v) is 6.24. The van der Waals surface area contributed by atoms with Crippen molar-refractivity contribution in [2.24, 2.45) is 5.41 Å². The van der Waals surface area contributed by atoms with Gasteiger partial charge in [-0.25, -0.2) is 4.39 Å². The Balaban J connectivity index is 2.06. The van der Waals surface area contributed by atoms with E-state index in [1.54, 1.807) is 7.11 Å². The van der Waals surface area contributed by atoms with Crippen LogP contribution < -0.4 is 11.1 Å². The van der Waals surface area contributed by atoms with Gasteiger partial charge in [-0.05, 0) is 24.6 Å². The minimum absolute atomic E-state index is 0.0226. The summed E-state index contributed by atoms with van der Waals surface area (Å²) in [6.07, 6.45) is 0.899. The normalized spacial score (nSPS) is 24.6. The first-order valence-electron chi connectivity index (χ1n) is 6.24. The zero-order valence-corrected chi connectivity index (χ0v) is 11.4. The van der Waals surface area contributed by atoms with Crippen LogP contribution in [0, 0.1) is 11.2 Å². The molecule has 5 heteroatoms. The van der Waals surface area contributed by atoms with Crippen LogP contribution in [0.4, 0.5) is 10.1 Å². The number of hydrogen-bond acceptors (Lipinski definition) is 3. The Bertz CT molecular complexity index is 482. The summed E-state index contributed by atoms with van der Waals surface area (Å²) in [5.41, 5.74) is 5.90. The molecule has 0 saturated heterocycles. The second-order valence-corrected chi connectivity index (χ2v) is 5.58. The average molecular weight is 266 g/mol. The van der Waals surface area contributed by atoms with Crippen molar-refractivity contribution in [3.63, 3.8) is 0 Å². The number of nitrogens with one attached hydrogen (secondary N) is 1. The number of ether oxygens (including phenoxy) is 1. The number of benzene rings is 1. The van der Waals surface area contributed by atoms with Gasteiger partial charge in [0.1, 0.15) is 5.82 Å². The Morgan fingerprint density at radius 2 is 2.16 bits per heavy atom. The highest BCUT2D eigenvalue weighted by atomic mass is 19.1. The molecular formula is C14H19FN2O2. The molecule has 0 aromatic heterocycles. The zero-order valence-electron chi connectivity index (χ0n) is 11.4. The second kappa shape index (κ2) is 4.81. The molecule has 2 unspecified atom stereocenters. The van der Waals surface area contributed by atoms with Gasteiger partial charge in [-0.15, -0.1) is 0 Å². The van der Waals surface area contributed by atoms with Crippen LogP contribution in [-0.2, 0) is 4.74 Å². The number of hydrogen-bond donors (Lipinski definition) is 2. The van der Waals surface area contributed by atoms with E-state index in [9.17, 15) is 9.18 Å². The SMILES string of the molecule is COC1CC(NC(=O)c2cc(N)cc(F)c2)C1(C)C. The molecule has 1 fully saturated rings. The minimum Gasteiger partial charge on any atom is -0.399 e. The van der Waals surface area contributed by atoms with Crippen LogP contribution in [0.15, 0.2) is 18.2 Å². The Labute approximate surface area is 112 Å². The van der Waals surface area contributed by atoms with Crippen molar-refractivity contribution >= 4 is 11.6 Å². The van der Waals surface area contributed by atoms with Crippen LogP contribution in [0.3, 0.4) is 0 Å². The first kappa shape index (κ1) is 13.8. The maximum absolute atomic E-state index is 13.2. The monoisotopic (exact) mass is 266 g/mol. The van der Waals surface area contributed by atoms with Crippen LogP contribution in [0.25, 0.3) is 0 Å². The highest BCUT2D eigenvalue weighted by Gasteiger charge is 2.49. The largest absolute Gasteiger partial charge is 0.399 e. The van der Waals surface area contributed by atoms with Gasteiger partial charge >= 0.3 is 0 Å². The van der Waals surface area contributed by atoms with Crippen LogP contribution in [0.5, 0.6) is 0 Å². The van der Waals surface area contributed by atoms with E-state index in [-0.39, 0.29) is 34.7 Å². The van der Waals surface area contributed by atoms with Gasteiger partial charge in [0.2, 0.25) is 0 Å². The van der Waals surface area contributed by atoms with Gasteiger partial charge in [0.15, 0.2) is 0 Å². The number of rotatable bonds is 3. The fourth-order valence-corrected chi connectivity index (χ4v) is 2.52. The lowest BCUT2D eigenvalue weighted by Crippen LogP contribution is -2.61. The summed E-state index contributed by atoms with van der Waals surface area (Å²) in [6, 6.07) is 3.86. The highest BCUT2D eigenvalue weighted by molar-refractivity contribution is 5.95.